The molecule has 0 radical (unpaired) electrons. The first-order chi connectivity index (χ1) is 17.7. The van der Waals surface area contributed by atoms with E-state index in [2.05, 4.69) is 0 Å². The fraction of sp³-hybridized carbons (Fsp3) is 0.310. The molecule has 5 nitrogen and oxygen atoms in total. The van der Waals surface area contributed by atoms with Crippen molar-refractivity contribution in [3.05, 3.63) is 89.0 Å². The average Bonchev–Trinajstić information content (AvgIpc) is 2.87. The number of amides is 1. The molecular formula is C29H30F3NO4. The summed E-state index contributed by atoms with van der Waals surface area (Å²) in [5, 5.41) is 0. The van der Waals surface area contributed by atoms with Crippen LogP contribution in [0.15, 0.2) is 66.7 Å². The first-order valence-electron chi connectivity index (χ1n) is 12.0. The highest BCUT2D eigenvalue weighted by Crippen LogP contribution is 2.38. The van der Waals surface area contributed by atoms with Gasteiger partial charge in [0.05, 0.1) is 32.1 Å². The summed E-state index contributed by atoms with van der Waals surface area (Å²) < 4.78 is 51.4. The van der Waals surface area contributed by atoms with Gasteiger partial charge >= 0.3 is 12.1 Å². The van der Waals surface area contributed by atoms with Crippen molar-refractivity contribution in [1.29, 1.82) is 0 Å². The van der Waals surface area contributed by atoms with Crippen molar-refractivity contribution < 1.29 is 32.2 Å². The molecule has 0 N–H and O–H groups in total. The Bertz CT molecular complexity index is 1230. The zero-order chi connectivity index (χ0) is 27.0. The van der Waals surface area contributed by atoms with Crippen LogP contribution in [0.5, 0.6) is 5.75 Å². The van der Waals surface area contributed by atoms with Crippen LogP contribution in [0.1, 0.15) is 36.1 Å². The zero-order valence-electron chi connectivity index (χ0n) is 21.1. The monoisotopic (exact) mass is 513 g/mol. The van der Waals surface area contributed by atoms with Gasteiger partial charge in [-0.15, -0.1) is 0 Å². The second kappa shape index (κ2) is 12.4. The molecule has 0 spiro atoms. The number of carbonyl (C=O) groups is 2. The Kier molecular flexibility index (Phi) is 9.33. The molecule has 196 valence electrons. The predicted molar refractivity (Wildman–Crippen MR) is 135 cm³/mol. The van der Waals surface area contributed by atoms with Crippen molar-refractivity contribution in [2.45, 2.75) is 39.4 Å². The Morgan fingerprint density at radius 1 is 0.865 bits per heavy atom. The smallest absolute Gasteiger partial charge is 0.416 e. The highest BCUT2D eigenvalue weighted by molar-refractivity contribution is 5.80. The molecule has 8 heteroatoms. The Morgan fingerprint density at radius 2 is 1.59 bits per heavy atom. The fourth-order valence-corrected chi connectivity index (χ4v) is 4.08. The van der Waals surface area contributed by atoms with E-state index < -0.39 is 17.7 Å². The highest BCUT2D eigenvalue weighted by atomic mass is 19.4. The Morgan fingerprint density at radius 3 is 2.22 bits per heavy atom. The molecule has 0 bridgehead atoms. The number of benzene rings is 3. The normalized spacial score (nSPS) is 11.2. The Balaban J connectivity index is 2.04. The second-order valence-electron chi connectivity index (χ2n) is 8.46. The van der Waals surface area contributed by atoms with Gasteiger partial charge in [0.1, 0.15) is 5.75 Å². The number of esters is 1. The maximum absolute atomic E-state index is 13.6. The fourth-order valence-electron chi connectivity index (χ4n) is 4.08. The lowest BCUT2D eigenvalue weighted by molar-refractivity contribution is -0.142. The van der Waals surface area contributed by atoms with Crippen LogP contribution in [-0.4, -0.2) is 37.0 Å². The number of hydrogen-bond donors (Lipinski definition) is 0. The van der Waals surface area contributed by atoms with E-state index in [0.29, 0.717) is 34.5 Å². The second-order valence-corrected chi connectivity index (χ2v) is 8.46. The maximum Gasteiger partial charge on any atom is 0.416 e. The van der Waals surface area contributed by atoms with Gasteiger partial charge in [0.25, 0.3) is 0 Å². The number of carbonyl (C=O) groups excluding carboxylic acids is 2. The lowest BCUT2D eigenvalue weighted by Gasteiger charge is -2.24. The van der Waals surface area contributed by atoms with Crippen LogP contribution in [0.3, 0.4) is 0 Å². The predicted octanol–water partition coefficient (Wildman–Crippen LogP) is 6.08. The van der Waals surface area contributed by atoms with Gasteiger partial charge in [-0.2, -0.15) is 13.2 Å². The molecule has 0 saturated carbocycles. The maximum atomic E-state index is 13.6. The molecule has 0 heterocycles. The number of alkyl halides is 3. The molecule has 0 atom stereocenters. The van der Waals surface area contributed by atoms with E-state index >= 15 is 0 Å². The minimum Gasteiger partial charge on any atom is -0.496 e. The summed E-state index contributed by atoms with van der Waals surface area (Å²) in [6.07, 6.45) is -4.40. The van der Waals surface area contributed by atoms with E-state index in [4.69, 9.17) is 9.47 Å². The number of methoxy groups -OCH3 is 1. The average molecular weight is 514 g/mol. The van der Waals surface area contributed by atoms with Gasteiger partial charge in [0.15, 0.2) is 0 Å². The molecule has 0 aliphatic rings. The van der Waals surface area contributed by atoms with Gasteiger partial charge in [-0.05, 0) is 60.4 Å². The zero-order valence-corrected chi connectivity index (χ0v) is 21.1. The molecular weight excluding hydrogens is 483 g/mol. The highest BCUT2D eigenvalue weighted by Gasteiger charge is 2.31. The van der Waals surface area contributed by atoms with Gasteiger partial charge in [-0.25, -0.2) is 0 Å². The molecule has 1 amide bonds. The standard InChI is InChI=1S/C29H30F3NO4/c1-4-33(27(34)16-20-9-7-6-8-10-20)19-22-18-23(29(30,31)32)12-13-24(22)25-15-21(11-14-26(25)36-3)17-28(35)37-5-2/h6-15,18H,4-5,16-17,19H2,1-3H3. The van der Waals surface area contributed by atoms with E-state index in [1.807, 2.05) is 30.3 Å². The molecule has 3 rings (SSSR count). The van der Waals surface area contributed by atoms with Crippen molar-refractivity contribution in [3.63, 3.8) is 0 Å². The van der Waals surface area contributed by atoms with Crippen molar-refractivity contribution >= 4 is 11.9 Å². The third-order valence-corrected chi connectivity index (χ3v) is 5.93. The van der Waals surface area contributed by atoms with Crippen molar-refractivity contribution in [2.24, 2.45) is 0 Å². The van der Waals surface area contributed by atoms with Crippen molar-refractivity contribution in [1.82, 2.24) is 4.90 Å². The van der Waals surface area contributed by atoms with Gasteiger partial charge < -0.3 is 14.4 Å². The van der Waals surface area contributed by atoms with Crippen LogP contribution in [0.2, 0.25) is 0 Å². The number of rotatable bonds is 10. The Hall–Kier alpha value is -3.81. The number of halogens is 3. The summed E-state index contributed by atoms with van der Waals surface area (Å²) in [7, 11) is 1.47. The summed E-state index contributed by atoms with van der Waals surface area (Å²) >= 11 is 0. The summed E-state index contributed by atoms with van der Waals surface area (Å²) in [4.78, 5) is 26.6. The van der Waals surface area contributed by atoms with Crippen LogP contribution in [0.25, 0.3) is 11.1 Å². The van der Waals surface area contributed by atoms with Crippen molar-refractivity contribution in [3.8, 4) is 16.9 Å². The first kappa shape index (κ1) is 27.8. The number of hydrogen-bond acceptors (Lipinski definition) is 4. The van der Waals surface area contributed by atoms with Crippen LogP contribution < -0.4 is 4.74 Å². The third-order valence-electron chi connectivity index (χ3n) is 5.93. The number of ether oxygens (including phenoxy) is 2. The molecule has 0 saturated heterocycles. The molecule has 0 aromatic heterocycles. The van der Waals surface area contributed by atoms with Gasteiger partial charge in [-0.3, -0.25) is 9.59 Å². The molecule has 3 aromatic carbocycles. The van der Waals surface area contributed by atoms with E-state index in [9.17, 15) is 22.8 Å². The summed E-state index contributed by atoms with van der Waals surface area (Å²) in [6, 6.07) is 17.8. The topological polar surface area (TPSA) is 55.8 Å². The summed E-state index contributed by atoms with van der Waals surface area (Å²) in [5.74, 6) is -0.165. The molecule has 0 aliphatic heterocycles. The molecule has 3 aromatic rings. The largest absolute Gasteiger partial charge is 0.496 e. The van der Waals surface area contributed by atoms with Crippen LogP contribution >= 0.6 is 0 Å². The van der Waals surface area contributed by atoms with Gasteiger partial charge in [-0.1, -0.05) is 42.5 Å². The lowest BCUT2D eigenvalue weighted by Crippen LogP contribution is -2.32. The first-order valence-corrected chi connectivity index (χ1v) is 12.0. The van der Waals surface area contributed by atoms with Crippen LogP contribution in [0, 0.1) is 0 Å². The van der Waals surface area contributed by atoms with Crippen molar-refractivity contribution in [2.75, 3.05) is 20.3 Å². The van der Waals surface area contributed by atoms with Gasteiger partial charge in [0, 0.05) is 18.7 Å². The van der Waals surface area contributed by atoms with Gasteiger partial charge in [0.2, 0.25) is 5.91 Å². The van der Waals surface area contributed by atoms with E-state index in [1.165, 1.54) is 18.1 Å². The van der Waals surface area contributed by atoms with Crippen LogP contribution in [0.4, 0.5) is 13.2 Å². The minimum atomic E-state index is -4.55. The number of likely N-dealkylation sites (N-methyl/N-ethyl adjacent to an activating group) is 1. The summed E-state index contributed by atoms with van der Waals surface area (Å²) in [6.45, 7) is 4.05. The summed E-state index contributed by atoms with van der Waals surface area (Å²) in [5.41, 5.74) is 1.99. The SMILES string of the molecule is CCOC(=O)Cc1ccc(OC)c(-c2ccc(C(F)(F)F)cc2CN(CC)C(=O)Cc2ccccc2)c1. The van der Waals surface area contributed by atoms with E-state index in [1.54, 1.807) is 32.0 Å². The van der Waals surface area contributed by atoms with E-state index in [-0.39, 0.29) is 31.9 Å². The van der Waals surface area contributed by atoms with Crippen LogP contribution in [-0.2, 0) is 39.9 Å². The number of nitrogens with zero attached hydrogens (tertiary/aromatic N) is 1. The molecule has 0 fully saturated rings. The molecule has 0 unspecified atom stereocenters. The Labute approximate surface area is 214 Å². The quantitative estimate of drug-likeness (QED) is 0.309. The lowest BCUT2D eigenvalue weighted by atomic mass is 9.94. The molecule has 37 heavy (non-hydrogen) atoms. The minimum absolute atomic E-state index is 0.0114. The molecule has 0 aliphatic carbocycles. The third kappa shape index (κ3) is 7.35. The van der Waals surface area contributed by atoms with E-state index in [0.717, 1.165) is 17.7 Å².